The minimum Gasteiger partial charge on any atom is -0.311 e. The number of halogens is 2. The predicted molar refractivity (Wildman–Crippen MR) is 78.3 cm³/mol. The van der Waals surface area contributed by atoms with Crippen LogP contribution < -0.4 is 5.32 Å². The van der Waals surface area contributed by atoms with Crippen molar-refractivity contribution in [2.75, 3.05) is 6.54 Å². The van der Waals surface area contributed by atoms with E-state index in [-0.39, 0.29) is 0 Å². The van der Waals surface area contributed by atoms with Crippen molar-refractivity contribution >= 4 is 27.5 Å². The lowest BCUT2D eigenvalue weighted by molar-refractivity contribution is 0.656. The van der Waals surface area contributed by atoms with E-state index in [0.717, 1.165) is 35.4 Å². The lowest BCUT2D eigenvalue weighted by Gasteiger charge is -2.05. The van der Waals surface area contributed by atoms with Crippen molar-refractivity contribution in [3.05, 3.63) is 45.7 Å². The Morgan fingerprint density at radius 2 is 2.22 bits per heavy atom. The number of nitrogens with zero attached hydrogens (tertiary/aromatic N) is 2. The van der Waals surface area contributed by atoms with E-state index in [9.17, 15) is 0 Å². The molecule has 96 valence electrons. The maximum atomic E-state index is 5.92. The van der Waals surface area contributed by atoms with E-state index in [1.165, 1.54) is 0 Å². The molecule has 0 atom stereocenters. The highest BCUT2D eigenvalue weighted by Crippen LogP contribution is 2.24. The summed E-state index contributed by atoms with van der Waals surface area (Å²) in [5.41, 5.74) is 2.02. The summed E-state index contributed by atoms with van der Waals surface area (Å²) in [6.45, 7) is 3.96. The molecular formula is C13H15BrClN3. The highest BCUT2D eigenvalue weighted by atomic mass is 79.9. The fourth-order valence-corrected chi connectivity index (χ4v) is 2.51. The molecule has 1 aromatic carbocycles. The van der Waals surface area contributed by atoms with Crippen LogP contribution in [0.2, 0.25) is 5.02 Å². The molecule has 1 N–H and O–H groups in total. The van der Waals surface area contributed by atoms with Crippen LogP contribution in [-0.4, -0.2) is 16.3 Å². The zero-order valence-electron chi connectivity index (χ0n) is 10.2. The Morgan fingerprint density at radius 3 is 2.94 bits per heavy atom. The van der Waals surface area contributed by atoms with E-state index in [2.05, 4.69) is 33.3 Å². The maximum Gasteiger partial charge on any atom is 0.0788 e. The molecule has 2 rings (SSSR count). The number of aromatic nitrogens is 2. The van der Waals surface area contributed by atoms with Gasteiger partial charge >= 0.3 is 0 Å². The van der Waals surface area contributed by atoms with Gasteiger partial charge in [0.15, 0.2) is 0 Å². The summed E-state index contributed by atoms with van der Waals surface area (Å²) in [6.07, 6.45) is 3.08. The van der Waals surface area contributed by atoms with E-state index >= 15 is 0 Å². The first-order valence-electron chi connectivity index (χ1n) is 5.91. The van der Waals surface area contributed by atoms with Crippen molar-refractivity contribution in [2.24, 2.45) is 0 Å². The topological polar surface area (TPSA) is 29.9 Å². The van der Waals surface area contributed by atoms with Gasteiger partial charge in [-0.25, -0.2) is 4.68 Å². The van der Waals surface area contributed by atoms with Crippen LogP contribution in [0, 0.1) is 0 Å². The second-order valence-corrected chi connectivity index (χ2v) is 5.31. The van der Waals surface area contributed by atoms with Gasteiger partial charge in [-0.1, -0.05) is 18.5 Å². The molecule has 0 aliphatic carbocycles. The lowest BCUT2D eigenvalue weighted by Crippen LogP contribution is -2.14. The molecule has 0 unspecified atom stereocenters. The fraction of sp³-hybridized carbons (Fsp3) is 0.308. The Kier molecular flexibility index (Phi) is 4.80. The summed E-state index contributed by atoms with van der Waals surface area (Å²) in [5, 5.41) is 8.57. The van der Waals surface area contributed by atoms with Crippen LogP contribution in [0.4, 0.5) is 0 Å². The van der Waals surface area contributed by atoms with Crippen molar-refractivity contribution in [1.29, 1.82) is 0 Å². The summed E-state index contributed by atoms with van der Waals surface area (Å²) in [5.74, 6) is 0. The van der Waals surface area contributed by atoms with Gasteiger partial charge < -0.3 is 5.32 Å². The van der Waals surface area contributed by atoms with Crippen LogP contribution in [0.1, 0.15) is 19.0 Å². The van der Waals surface area contributed by atoms with Gasteiger partial charge in [-0.2, -0.15) is 5.10 Å². The van der Waals surface area contributed by atoms with E-state index in [0.29, 0.717) is 5.02 Å². The van der Waals surface area contributed by atoms with Gasteiger partial charge in [0.25, 0.3) is 0 Å². The maximum absolute atomic E-state index is 5.92. The highest BCUT2D eigenvalue weighted by Gasteiger charge is 2.05. The Morgan fingerprint density at radius 1 is 1.39 bits per heavy atom. The summed E-state index contributed by atoms with van der Waals surface area (Å²) >= 11 is 9.42. The first kappa shape index (κ1) is 13.6. The number of rotatable bonds is 5. The van der Waals surface area contributed by atoms with Gasteiger partial charge in [0.1, 0.15) is 0 Å². The molecule has 0 spiro atoms. The Hall–Kier alpha value is -0.840. The number of hydrogen-bond donors (Lipinski definition) is 1. The molecule has 5 heteroatoms. The standard InChI is InChI=1S/C13H15BrClN3/c1-2-6-16-9-11-5-7-18(17-11)13-4-3-10(15)8-12(13)14/h3-5,7-8,16H,2,6,9H2,1H3. The molecule has 18 heavy (non-hydrogen) atoms. The normalized spacial score (nSPS) is 10.8. The zero-order valence-corrected chi connectivity index (χ0v) is 12.5. The van der Waals surface area contributed by atoms with Crippen molar-refractivity contribution in [1.82, 2.24) is 15.1 Å². The van der Waals surface area contributed by atoms with Crippen LogP contribution in [0.3, 0.4) is 0 Å². The summed E-state index contributed by atoms with van der Waals surface area (Å²) < 4.78 is 2.79. The molecule has 3 nitrogen and oxygen atoms in total. The van der Waals surface area contributed by atoms with E-state index in [4.69, 9.17) is 11.6 Å². The zero-order chi connectivity index (χ0) is 13.0. The van der Waals surface area contributed by atoms with Gasteiger partial charge in [-0.3, -0.25) is 0 Å². The number of hydrogen-bond acceptors (Lipinski definition) is 2. The van der Waals surface area contributed by atoms with Crippen molar-refractivity contribution in [3.63, 3.8) is 0 Å². The average molecular weight is 329 g/mol. The van der Waals surface area contributed by atoms with Gasteiger partial charge in [-0.05, 0) is 53.2 Å². The van der Waals surface area contributed by atoms with Crippen LogP contribution in [0.25, 0.3) is 5.69 Å². The molecule has 0 bridgehead atoms. The molecule has 0 aliphatic rings. The van der Waals surface area contributed by atoms with E-state index < -0.39 is 0 Å². The largest absolute Gasteiger partial charge is 0.311 e. The van der Waals surface area contributed by atoms with E-state index in [1.807, 2.05) is 35.1 Å². The first-order valence-corrected chi connectivity index (χ1v) is 7.08. The summed E-state index contributed by atoms with van der Waals surface area (Å²) in [4.78, 5) is 0. The first-order chi connectivity index (χ1) is 8.70. The number of benzene rings is 1. The van der Waals surface area contributed by atoms with Crippen molar-refractivity contribution in [2.45, 2.75) is 19.9 Å². The second-order valence-electron chi connectivity index (χ2n) is 4.02. The summed E-state index contributed by atoms with van der Waals surface area (Å²) in [7, 11) is 0. The van der Waals surface area contributed by atoms with Crippen LogP contribution >= 0.6 is 27.5 Å². The third-order valence-electron chi connectivity index (χ3n) is 2.53. The fourth-order valence-electron chi connectivity index (χ4n) is 1.65. The van der Waals surface area contributed by atoms with Crippen molar-refractivity contribution < 1.29 is 0 Å². The van der Waals surface area contributed by atoms with Gasteiger partial charge in [0.05, 0.1) is 11.4 Å². The van der Waals surface area contributed by atoms with Gasteiger partial charge in [-0.15, -0.1) is 0 Å². The van der Waals surface area contributed by atoms with Crippen molar-refractivity contribution in [3.8, 4) is 5.69 Å². The second kappa shape index (κ2) is 6.36. The molecule has 2 aromatic rings. The number of nitrogens with one attached hydrogen (secondary N) is 1. The SMILES string of the molecule is CCCNCc1ccn(-c2ccc(Cl)cc2Br)n1. The average Bonchev–Trinajstić information content (AvgIpc) is 2.78. The van der Waals surface area contributed by atoms with Crippen LogP contribution in [0.15, 0.2) is 34.9 Å². The molecule has 0 saturated carbocycles. The molecule has 0 fully saturated rings. The smallest absolute Gasteiger partial charge is 0.0788 e. The Labute approximate surface area is 120 Å². The molecule has 1 aromatic heterocycles. The lowest BCUT2D eigenvalue weighted by atomic mass is 10.3. The minimum atomic E-state index is 0.711. The van der Waals surface area contributed by atoms with Gasteiger partial charge in [0, 0.05) is 22.2 Å². The molecule has 0 radical (unpaired) electrons. The quantitative estimate of drug-likeness (QED) is 0.846. The Bertz CT molecular complexity index is 525. The van der Waals surface area contributed by atoms with Crippen LogP contribution in [0.5, 0.6) is 0 Å². The monoisotopic (exact) mass is 327 g/mol. The molecular weight excluding hydrogens is 314 g/mol. The molecule has 1 heterocycles. The summed E-state index contributed by atoms with van der Waals surface area (Å²) in [6, 6.07) is 7.69. The van der Waals surface area contributed by atoms with Crippen LogP contribution in [-0.2, 0) is 6.54 Å². The third kappa shape index (κ3) is 3.34. The van der Waals surface area contributed by atoms with Gasteiger partial charge in [0.2, 0.25) is 0 Å². The Balaban J connectivity index is 2.13. The third-order valence-corrected chi connectivity index (χ3v) is 3.40. The highest BCUT2D eigenvalue weighted by molar-refractivity contribution is 9.10. The molecule has 0 aliphatic heterocycles. The minimum absolute atomic E-state index is 0.711. The molecule has 0 amide bonds. The predicted octanol–water partition coefficient (Wildman–Crippen LogP) is 3.79. The van der Waals surface area contributed by atoms with E-state index in [1.54, 1.807) is 0 Å². The molecule has 0 saturated heterocycles.